The fraction of sp³-hybridized carbons (Fsp3) is 0.538. The molecule has 6 heteroatoms. The molecular formula is C13H20O4S2. The van der Waals surface area contributed by atoms with E-state index in [1.54, 1.807) is 24.3 Å². The Kier molecular flexibility index (Phi) is 4.25. The van der Waals surface area contributed by atoms with Gasteiger partial charge in [0.15, 0.2) is 0 Å². The zero-order valence-electron chi connectivity index (χ0n) is 11.5. The lowest BCUT2D eigenvalue weighted by Crippen LogP contribution is -2.21. The summed E-state index contributed by atoms with van der Waals surface area (Å²) in [6, 6.07) is 6.70. The Labute approximate surface area is 116 Å². The van der Waals surface area contributed by atoms with Crippen LogP contribution in [-0.2, 0) is 18.5 Å². The summed E-state index contributed by atoms with van der Waals surface area (Å²) in [4.78, 5) is 0.205. The molecule has 0 saturated carbocycles. The summed E-state index contributed by atoms with van der Waals surface area (Å²) in [6.07, 6.45) is 5.52. The Bertz CT molecular complexity index is 528. The van der Waals surface area contributed by atoms with Gasteiger partial charge in [0.05, 0.1) is 4.90 Å². The van der Waals surface area contributed by atoms with E-state index in [-0.39, 0.29) is 10.3 Å². The van der Waals surface area contributed by atoms with Crippen LogP contribution in [0.1, 0.15) is 18.4 Å². The summed E-state index contributed by atoms with van der Waals surface area (Å²) in [7, 11) is -5.50. The molecule has 1 unspecified atom stereocenters. The van der Waals surface area contributed by atoms with E-state index in [0.717, 1.165) is 18.4 Å². The Morgan fingerprint density at radius 2 is 1.84 bits per heavy atom. The maximum Gasteiger partial charge on any atom is 0.306 e. The van der Waals surface area contributed by atoms with Crippen molar-refractivity contribution in [1.82, 2.24) is 0 Å². The number of ether oxygens (including phenoxy) is 1. The minimum Gasteiger partial charge on any atom is -0.367 e. The Balaban J connectivity index is 2.18. The minimum absolute atomic E-state index is 0.0901. The Morgan fingerprint density at radius 1 is 1.21 bits per heavy atom. The molecule has 4 nitrogen and oxygen atoms in total. The monoisotopic (exact) mass is 304 g/mol. The van der Waals surface area contributed by atoms with E-state index in [9.17, 15) is 8.42 Å². The second kappa shape index (κ2) is 5.44. The lowest BCUT2D eigenvalue weighted by atomic mass is 10.2. The van der Waals surface area contributed by atoms with Crippen molar-refractivity contribution in [3.8, 4) is 0 Å². The van der Waals surface area contributed by atoms with E-state index in [1.165, 1.54) is 0 Å². The SMILES string of the molecule is Cc1ccc(S(=O)(=O)OS(C)(C)C2CCCO2)cc1. The third kappa shape index (κ3) is 3.51. The molecule has 1 fully saturated rings. The first-order chi connectivity index (χ1) is 8.81. The minimum atomic E-state index is -3.72. The van der Waals surface area contributed by atoms with Gasteiger partial charge in [-0.05, 0) is 44.4 Å². The molecule has 1 aliphatic heterocycles. The number of rotatable bonds is 4. The highest BCUT2D eigenvalue weighted by molar-refractivity contribution is 8.32. The highest BCUT2D eigenvalue weighted by Gasteiger charge is 2.34. The van der Waals surface area contributed by atoms with E-state index in [2.05, 4.69) is 0 Å². The number of aryl methyl sites for hydroxylation is 1. The second-order valence-electron chi connectivity index (χ2n) is 5.09. The molecule has 0 bridgehead atoms. The molecule has 0 amide bonds. The summed E-state index contributed by atoms with van der Waals surface area (Å²) in [6.45, 7) is 2.61. The van der Waals surface area contributed by atoms with Gasteiger partial charge in [0, 0.05) is 6.61 Å². The molecule has 1 saturated heterocycles. The maximum atomic E-state index is 12.3. The number of benzene rings is 1. The van der Waals surface area contributed by atoms with Crippen LogP contribution in [0.3, 0.4) is 0 Å². The van der Waals surface area contributed by atoms with Crippen LogP contribution in [0, 0.1) is 6.92 Å². The van der Waals surface area contributed by atoms with Crippen molar-refractivity contribution in [2.24, 2.45) is 0 Å². The standard InChI is InChI=1S/C13H20O4S2/c1-11-6-8-12(9-7-11)19(14,15)17-18(2,3)13-5-4-10-16-13/h6-9,13H,4-5,10H2,1-3H3. The molecule has 0 spiro atoms. The van der Waals surface area contributed by atoms with E-state index in [4.69, 9.17) is 8.37 Å². The van der Waals surface area contributed by atoms with Crippen LogP contribution in [0.2, 0.25) is 0 Å². The van der Waals surface area contributed by atoms with Crippen molar-refractivity contribution >= 4 is 20.4 Å². The first-order valence-corrected chi connectivity index (χ1v) is 10.0. The molecule has 1 atom stereocenters. The average Bonchev–Trinajstić information content (AvgIpc) is 2.82. The largest absolute Gasteiger partial charge is 0.367 e. The highest BCUT2D eigenvalue weighted by Crippen LogP contribution is 2.52. The van der Waals surface area contributed by atoms with Crippen LogP contribution >= 0.6 is 10.3 Å². The van der Waals surface area contributed by atoms with Gasteiger partial charge in [-0.3, -0.25) is 0 Å². The normalized spacial score (nSPS) is 21.5. The van der Waals surface area contributed by atoms with Crippen LogP contribution in [0.25, 0.3) is 0 Å². The van der Waals surface area contributed by atoms with Gasteiger partial charge in [0.1, 0.15) is 5.44 Å². The van der Waals surface area contributed by atoms with Gasteiger partial charge in [-0.2, -0.15) is 8.42 Å². The van der Waals surface area contributed by atoms with Crippen LogP contribution in [0.15, 0.2) is 29.2 Å². The first kappa shape index (κ1) is 14.8. The van der Waals surface area contributed by atoms with Crippen molar-refractivity contribution in [1.29, 1.82) is 0 Å². The summed E-state index contributed by atoms with van der Waals surface area (Å²) in [5, 5.41) is 0. The second-order valence-corrected chi connectivity index (χ2v) is 10.2. The molecule has 19 heavy (non-hydrogen) atoms. The molecule has 0 N–H and O–H groups in total. The molecule has 0 aliphatic carbocycles. The molecule has 2 rings (SSSR count). The Hall–Kier alpha value is -0.560. The van der Waals surface area contributed by atoms with E-state index < -0.39 is 20.4 Å². The third-order valence-corrected chi connectivity index (χ3v) is 7.70. The van der Waals surface area contributed by atoms with Gasteiger partial charge >= 0.3 is 10.1 Å². The average molecular weight is 304 g/mol. The van der Waals surface area contributed by atoms with Crippen molar-refractivity contribution < 1.29 is 16.8 Å². The molecule has 0 radical (unpaired) electrons. The molecule has 0 aromatic heterocycles. The summed E-state index contributed by atoms with van der Waals surface area (Å²) in [5.74, 6) is 0. The van der Waals surface area contributed by atoms with Gasteiger partial charge in [-0.25, -0.2) is 3.63 Å². The van der Waals surface area contributed by atoms with E-state index in [0.29, 0.717) is 6.61 Å². The summed E-state index contributed by atoms with van der Waals surface area (Å²) >= 11 is 0. The van der Waals surface area contributed by atoms with E-state index in [1.807, 2.05) is 19.4 Å². The van der Waals surface area contributed by atoms with Crippen molar-refractivity contribution in [3.63, 3.8) is 0 Å². The lowest BCUT2D eigenvalue weighted by molar-refractivity contribution is 0.166. The third-order valence-electron chi connectivity index (χ3n) is 3.10. The van der Waals surface area contributed by atoms with Gasteiger partial charge in [-0.1, -0.05) is 28.0 Å². The predicted octanol–water partition coefficient (Wildman–Crippen LogP) is 2.82. The summed E-state index contributed by atoms with van der Waals surface area (Å²) in [5.41, 5.74) is 0.928. The molecule has 1 heterocycles. The lowest BCUT2D eigenvalue weighted by Gasteiger charge is -2.34. The topological polar surface area (TPSA) is 52.6 Å². The van der Waals surface area contributed by atoms with Crippen molar-refractivity contribution in [2.75, 3.05) is 19.1 Å². The predicted molar refractivity (Wildman–Crippen MR) is 77.9 cm³/mol. The van der Waals surface area contributed by atoms with Crippen LogP contribution in [0.4, 0.5) is 0 Å². The van der Waals surface area contributed by atoms with Crippen LogP contribution < -0.4 is 0 Å². The summed E-state index contributed by atoms with van der Waals surface area (Å²) < 4.78 is 35.5. The zero-order valence-corrected chi connectivity index (χ0v) is 13.1. The van der Waals surface area contributed by atoms with Gasteiger partial charge in [-0.15, -0.1) is 0 Å². The van der Waals surface area contributed by atoms with E-state index >= 15 is 0 Å². The molecule has 108 valence electrons. The maximum absolute atomic E-state index is 12.3. The number of hydrogen-bond acceptors (Lipinski definition) is 4. The van der Waals surface area contributed by atoms with Crippen molar-refractivity contribution in [3.05, 3.63) is 29.8 Å². The van der Waals surface area contributed by atoms with Crippen molar-refractivity contribution in [2.45, 2.75) is 30.1 Å². The molecule has 1 aliphatic rings. The molecule has 1 aromatic carbocycles. The molecule has 1 aromatic rings. The fourth-order valence-electron chi connectivity index (χ4n) is 2.01. The van der Waals surface area contributed by atoms with Gasteiger partial charge in [0.25, 0.3) is 0 Å². The quantitative estimate of drug-likeness (QED) is 0.858. The van der Waals surface area contributed by atoms with Crippen LogP contribution in [0.5, 0.6) is 0 Å². The van der Waals surface area contributed by atoms with Gasteiger partial charge < -0.3 is 4.74 Å². The molecular weight excluding hydrogens is 284 g/mol. The van der Waals surface area contributed by atoms with Gasteiger partial charge in [0.2, 0.25) is 0 Å². The zero-order chi connectivity index (χ0) is 14.1. The van der Waals surface area contributed by atoms with Crippen LogP contribution in [-0.4, -0.2) is 33.0 Å². The highest BCUT2D eigenvalue weighted by atomic mass is 32.3. The number of hydrogen-bond donors (Lipinski definition) is 0. The smallest absolute Gasteiger partial charge is 0.306 e. The first-order valence-electron chi connectivity index (χ1n) is 6.18. The Morgan fingerprint density at radius 3 is 2.37 bits per heavy atom. The fourth-order valence-corrected chi connectivity index (χ4v) is 6.15.